The van der Waals surface area contributed by atoms with Crippen molar-refractivity contribution < 1.29 is 0 Å². The second-order valence-electron chi connectivity index (χ2n) is 3.28. The fraction of sp³-hybridized carbons (Fsp3) is 0.182. The molecule has 0 aliphatic heterocycles. The monoisotopic (exact) mass is 298 g/mol. The van der Waals surface area contributed by atoms with E-state index in [-0.39, 0.29) is 0 Å². The second kappa shape index (κ2) is 4.13. The van der Waals surface area contributed by atoms with Crippen LogP contribution in [0.5, 0.6) is 0 Å². The topological polar surface area (TPSA) is 17.8 Å². The van der Waals surface area contributed by atoms with Gasteiger partial charge in [0.1, 0.15) is 0 Å². The molecule has 0 spiro atoms. The first-order valence-electron chi connectivity index (χ1n) is 4.48. The van der Waals surface area contributed by atoms with Gasteiger partial charge < -0.3 is 0 Å². The zero-order valence-corrected chi connectivity index (χ0v) is 10.1. The minimum Gasteiger partial charge on any atom is -0.268 e. The van der Waals surface area contributed by atoms with Gasteiger partial charge in [-0.2, -0.15) is 5.10 Å². The van der Waals surface area contributed by atoms with Crippen molar-refractivity contribution in [3.63, 3.8) is 0 Å². The summed E-state index contributed by atoms with van der Waals surface area (Å²) in [4.78, 5) is 0. The average Bonchev–Trinajstić information content (AvgIpc) is 2.56. The zero-order chi connectivity index (χ0) is 9.97. The molecular formula is C11H11IN2. The van der Waals surface area contributed by atoms with Crippen LogP contribution in [0.4, 0.5) is 0 Å². The van der Waals surface area contributed by atoms with Gasteiger partial charge in [0.15, 0.2) is 0 Å². The number of hydrogen-bond donors (Lipinski definition) is 0. The molecule has 0 atom stereocenters. The Bertz CT molecular complexity index is 417. The molecule has 0 aliphatic rings. The molecular weight excluding hydrogens is 287 g/mol. The van der Waals surface area contributed by atoms with Crippen LogP contribution >= 0.6 is 22.6 Å². The smallest absolute Gasteiger partial charge is 0.0659 e. The third-order valence-corrected chi connectivity index (χ3v) is 2.75. The van der Waals surface area contributed by atoms with Crippen molar-refractivity contribution in [3.05, 3.63) is 51.4 Å². The summed E-state index contributed by atoms with van der Waals surface area (Å²) in [5, 5.41) is 4.34. The van der Waals surface area contributed by atoms with Crippen LogP contribution in [0.25, 0.3) is 0 Å². The molecule has 0 bridgehead atoms. The van der Waals surface area contributed by atoms with Gasteiger partial charge in [-0.05, 0) is 53.3 Å². The van der Waals surface area contributed by atoms with Crippen LogP contribution in [0, 0.1) is 10.5 Å². The van der Waals surface area contributed by atoms with E-state index in [1.54, 1.807) is 0 Å². The molecule has 1 heterocycles. The third kappa shape index (κ3) is 2.35. The molecule has 0 aliphatic carbocycles. The van der Waals surface area contributed by atoms with E-state index in [9.17, 15) is 0 Å². The van der Waals surface area contributed by atoms with E-state index in [4.69, 9.17) is 0 Å². The Balaban J connectivity index is 2.15. The van der Waals surface area contributed by atoms with E-state index in [1.165, 1.54) is 9.13 Å². The summed E-state index contributed by atoms with van der Waals surface area (Å²) >= 11 is 2.31. The fourth-order valence-electron chi connectivity index (χ4n) is 1.33. The highest BCUT2D eigenvalue weighted by molar-refractivity contribution is 14.1. The molecule has 1 aromatic carbocycles. The Kier molecular flexibility index (Phi) is 2.86. The van der Waals surface area contributed by atoms with Crippen LogP contribution in [-0.2, 0) is 6.54 Å². The van der Waals surface area contributed by atoms with E-state index in [0.29, 0.717) is 0 Å². The largest absolute Gasteiger partial charge is 0.268 e. The molecule has 2 nitrogen and oxygen atoms in total. The normalized spacial score (nSPS) is 10.4. The minimum absolute atomic E-state index is 0.852. The first kappa shape index (κ1) is 9.71. The van der Waals surface area contributed by atoms with Crippen LogP contribution < -0.4 is 0 Å². The van der Waals surface area contributed by atoms with Crippen molar-refractivity contribution in [1.82, 2.24) is 9.78 Å². The molecule has 0 saturated carbocycles. The fourth-order valence-corrected chi connectivity index (χ4v) is 1.69. The van der Waals surface area contributed by atoms with Crippen LogP contribution in [0.15, 0.2) is 36.5 Å². The molecule has 14 heavy (non-hydrogen) atoms. The van der Waals surface area contributed by atoms with Gasteiger partial charge in [-0.3, -0.25) is 4.68 Å². The first-order chi connectivity index (χ1) is 6.74. The quantitative estimate of drug-likeness (QED) is 0.780. The van der Waals surface area contributed by atoms with Crippen LogP contribution in [0.3, 0.4) is 0 Å². The molecule has 72 valence electrons. The zero-order valence-electron chi connectivity index (χ0n) is 7.94. The summed E-state index contributed by atoms with van der Waals surface area (Å²) in [5.74, 6) is 0. The van der Waals surface area contributed by atoms with Crippen LogP contribution in [0.1, 0.15) is 11.3 Å². The van der Waals surface area contributed by atoms with Crippen molar-refractivity contribution in [2.24, 2.45) is 0 Å². The minimum atomic E-state index is 0.852. The molecule has 3 heteroatoms. The Hall–Kier alpha value is -0.840. The van der Waals surface area contributed by atoms with Crippen molar-refractivity contribution in [1.29, 1.82) is 0 Å². The lowest BCUT2D eigenvalue weighted by atomic mass is 10.2. The van der Waals surface area contributed by atoms with E-state index >= 15 is 0 Å². The van der Waals surface area contributed by atoms with Gasteiger partial charge in [0.2, 0.25) is 0 Å². The van der Waals surface area contributed by atoms with Crippen molar-refractivity contribution >= 4 is 22.6 Å². The summed E-state index contributed by atoms with van der Waals surface area (Å²) in [6.07, 6.45) is 2.01. The lowest BCUT2D eigenvalue weighted by Crippen LogP contribution is -2.00. The first-order valence-corrected chi connectivity index (χ1v) is 5.56. The molecule has 0 fully saturated rings. The Labute approximate surface area is 97.1 Å². The van der Waals surface area contributed by atoms with E-state index in [1.807, 2.05) is 23.9 Å². The number of benzene rings is 1. The van der Waals surface area contributed by atoms with E-state index in [2.05, 4.69) is 52.0 Å². The summed E-state index contributed by atoms with van der Waals surface area (Å²) in [6.45, 7) is 2.86. The molecule has 0 N–H and O–H groups in total. The number of aryl methyl sites for hydroxylation is 1. The van der Waals surface area contributed by atoms with Crippen molar-refractivity contribution in [3.8, 4) is 0 Å². The maximum absolute atomic E-state index is 4.34. The van der Waals surface area contributed by atoms with Crippen LogP contribution in [0.2, 0.25) is 0 Å². The average molecular weight is 298 g/mol. The Morgan fingerprint density at radius 3 is 2.50 bits per heavy atom. The molecule has 0 amide bonds. The summed E-state index contributed by atoms with van der Waals surface area (Å²) in [7, 11) is 0. The Morgan fingerprint density at radius 2 is 1.93 bits per heavy atom. The van der Waals surface area contributed by atoms with Gasteiger partial charge in [0.05, 0.1) is 12.2 Å². The number of halogens is 1. The van der Waals surface area contributed by atoms with Gasteiger partial charge in [0.25, 0.3) is 0 Å². The highest BCUT2D eigenvalue weighted by atomic mass is 127. The second-order valence-corrected chi connectivity index (χ2v) is 4.53. The number of aromatic nitrogens is 2. The summed E-state index contributed by atoms with van der Waals surface area (Å²) < 4.78 is 3.22. The summed E-state index contributed by atoms with van der Waals surface area (Å²) in [6, 6.07) is 10.5. The third-order valence-electron chi connectivity index (χ3n) is 2.03. The molecule has 2 aromatic rings. The SMILES string of the molecule is Cc1ccn(Cc2ccc(I)cc2)n1. The molecule has 0 unspecified atom stereocenters. The molecule has 0 radical (unpaired) electrons. The van der Waals surface area contributed by atoms with Crippen LogP contribution in [-0.4, -0.2) is 9.78 Å². The molecule has 2 rings (SSSR count). The Morgan fingerprint density at radius 1 is 1.21 bits per heavy atom. The van der Waals surface area contributed by atoms with E-state index < -0.39 is 0 Å². The standard InChI is InChI=1S/C11H11IN2/c1-9-6-7-14(13-9)8-10-2-4-11(12)5-3-10/h2-7H,8H2,1H3. The highest BCUT2D eigenvalue weighted by Gasteiger charge is 1.96. The van der Waals surface area contributed by atoms with Crippen molar-refractivity contribution in [2.75, 3.05) is 0 Å². The highest BCUT2D eigenvalue weighted by Crippen LogP contribution is 2.08. The molecule has 1 aromatic heterocycles. The van der Waals surface area contributed by atoms with Gasteiger partial charge >= 0.3 is 0 Å². The van der Waals surface area contributed by atoms with Gasteiger partial charge in [-0.1, -0.05) is 12.1 Å². The predicted molar refractivity (Wildman–Crippen MR) is 65.2 cm³/mol. The number of rotatable bonds is 2. The van der Waals surface area contributed by atoms with Gasteiger partial charge in [0, 0.05) is 9.77 Å². The summed E-state index contributed by atoms with van der Waals surface area (Å²) in [5.41, 5.74) is 2.35. The lowest BCUT2D eigenvalue weighted by molar-refractivity contribution is 0.679. The lowest BCUT2D eigenvalue weighted by Gasteiger charge is -2.01. The number of nitrogens with zero attached hydrogens (tertiary/aromatic N) is 2. The maximum Gasteiger partial charge on any atom is 0.0659 e. The number of hydrogen-bond acceptors (Lipinski definition) is 1. The predicted octanol–water partition coefficient (Wildman–Crippen LogP) is 2.84. The van der Waals surface area contributed by atoms with E-state index in [0.717, 1.165) is 12.2 Å². The van der Waals surface area contributed by atoms with Gasteiger partial charge in [-0.15, -0.1) is 0 Å². The van der Waals surface area contributed by atoms with Gasteiger partial charge in [-0.25, -0.2) is 0 Å². The molecule has 0 saturated heterocycles. The maximum atomic E-state index is 4.34. The van der Waals surface area contributed by atoms with Crippen molar-refractivity contribution in [2.45, 2.75) is 13.5 Å².